The Morgan fingerprint density at radius 2 is 2.12 bits per heavy atom. The fourth-order valence-corrected chi connectivity index (χ4v) is 1.89. The predicted octanol–water partition coefficient (Wildman–Crippen LogP) is 2.26. The van der Waals surface area contributed by atoms with Gasteiger partial charge in [0.25, 0.3) is 0 Å². The third-order valence-electron chi connectivity index (χ3n) is 2.45. The molecule has 84 valence electrons. The molecule has 0 atom stereocenters. The normalized spacial score (nSPS) is 10.9. The number of hydrogen-bond donors (Lipinski definition) is 2. The molecule has 0 spiro atoms. The molecule has 0 aliphatic carbocycles. The van der Waals surface area contributed by atoms with Crippen LogP contribution in [-0.4, -0.2) is 20.2 Å². The van der Waals surface area contributed by atoms with Gasteiger partial charge in [0.15, 0.2) is 0 Å². The van der Waals surface area contributed by atoms with Gasteiger partial charge in [-0.05, 0) is 18.2 Å². The van der Waals surface area contributed by atoms with Crippen LogP contribution < -0.4 is 5.73 Å². The third-order valence-corrected chi connectivity index (χ3v) is 2.68. The summed E-state index contributed by atoms with van der Waals surface area (Å²) in [5.41, 5.74) is 8.02. The summed E-state index contributed by atoms with van der Waals surface area (Å²) >= 11 is 5.93. The van der Waals surface area contributed by atoms with E-state index in [1.54, 1.807) is 24.5 Å². The zero-order valence-electron chi connectivity index (χ0n) is 8.68. The molecule has 0 saturated heterocycles. The Morgan fingerprint density at radius 1 is 1.24 bits per heavy atom. The second-order valence-electron chi connectivity index (χ2n) is 3.58. The van der Waals surface area contributed by atoms with E-state index in [0.717, 1.165) is 22.2 Å². The van der Waals surface area contributed by atoms with Crippen molar-refractivity contribution < 1.29 is 0 Å². The third kappa shape index (κ3) is 1.70. The maximum Gasteiger partial charge on any atom is 0.221 e. The topological polar surface area (TPSA) is 80.5 Å². The number of nitrogens with two attached hydrogens (primary N) is 1. The molecule has 0 saturated carbocycles. The monoisotopic (exact) mass is 245 g/mol. The van der Waals surface area contributed by atoms with E-state index in [4.69, 9.17) is 17.3 Å². The van der Waals surface area contributed by atoms with E-state index in [1.165, 1.54) is 0 Å². The molecule has 0 unspecified atom stereocenters. The van der Waals surface area contributed by atoms with Crippen LogP contribution in [0.4, 0.5) is 5.95 Å². The molecule has 0 aliphatic rings. The van der Waals surface area contributed by atoms with Gasteiger partial charge < -0.3 is 5.73 Å². The van der Waals surface area contributed by atoms with E-state index in [2.05, 4.69) is 20.2 Å². The lowest BCUT2D eigenvalue weighted by Gasteiger charge is -2.04. The van der Waals surface area contributed by atoms with Crippen LogP contribution in [0.25, 0.3) is 22.2 Å². The fourth-order valence-electron chi connectivity index (χ4n) is 1.72. The molecule has 0 amide bonds. The number of aromatic nitrogens is 4. The van der Waals surface area contributed by atoms with Gasteiger partial charge in [-0.2, -0.15) is 5.10 Å². The van der Waals surface area contributed by atoms with E-state index in [1.807, 2.05) is 6.07 Å². The summed E-state index contributed by atoms with van der Waals surface area (Å²) in [4.78, 5) is 8.40. The summed E-state index contributed by atoms with van der Waals surface area (Å²) in [6.07, 6.45) is 3.45. The lowest BCUT2D eigenvalue weighted by Crippen LogP contribution is -1.97. The van der Waals surface area contributed by atoms with E-state index in [9.17, 15) is 0 Å². The first-order valence-electron chi connectivity index (χ1n) is 4.96. The molecule has 5 nitrogen and oxygen atoms in total. The Morgan fingerprint density at radius 3 is 2.88 bits per heavy atom. The first-order valence-corrected chi connectivity index (χ1v) is 5.34. The van der Waals surface area contributed by atoms with E-state index < -0.39 is 0 Å². The van der Waals surface area contributed by atoms with E-state index in [0.29, 0.717) is 5.02 Å². The molecule has 2 aromatic heterocycles. The van der Waals surface area contributed by atoms with Gasteiger partial charge in [-0.1, -0.05) is 11.6 Å². The minimum atomic E-state index is 0.218. The Kier molecular flexibility index (Phi) is 2.19. The van der Waals surface area contributed by atoms with E-state index >= 15 is 0 Å². The largest absolute Gasteiger partial charge is 0.368 e. The smallest absolute Gasteiger partial charge is 0.221 e. The molecular formula is C11H8ClN5. The average Bonchev–Trinajstić information content (AvgIpc) is 2.80. The number of halogens is 1. The number of nitrogens with one attached hydrogen (secondary N) is 1. The maximum absolute atomic E-state index is 5.93. The molecule has 17 heavy (non-hydrogen) atoms. The number of H-pyrrole nitrogens is 1. The van der Waals surface area contributed by atoms with Crippen LogP contribution in [0.15, 0.2) is 30.6 Å². The Hall–Kier alpha value is -2.14. The van der Waals surface area contributed by atoms with Crippen LogP contribution >= 0.6 is 11.6 Å². The Bertz CT molecular complexity index is 672. The first kappa shape index (κ1) is 10.0. The summed E-state index contributed by atoms with van der Waals surface area (Å²) in [7, 11) is 0. The van der Waals surface area contributed by atoms with Gasteiger partial charge in [0.2, 0.25) is 5.95 Å². The van der Waals surface area contributed by atoms with Gasteiger partial charge >= 0.3 is 0 Å². The number of nitrogen functional groups attached to an aromatic ring is 1. The molecule has 1 aromatic carbocycles. The van der Waals surface area contributed by atoms with Crippen molar-refractivity contribution in [2.75, 3.05) is 5.73 Å². The second kappa shape index (κ2) is 3.71. The van der Waals surface area contributed by atoms with Gasteiger partial charge in [0, 0.05) is 22.2 Å². The van der Waals surface area contributed by atoms with Crippen LogP contribution in [-0.2, 0) is 0 Å². The highest BCUT2D eigenvalue weighted by atomic mass is 35.5. The van der Waals surface area contributed by atoms with Crippen molar-refractivity contribution in [1.82, 2.24) is 20.2 Å². The average molecular weight is 246 g/mol. The summed E-state index contributed by atoms with van der Waals surface area (Å²) in [5.74, 6) is 0.218. The van der Waals surface area contributed by atoms with Crippen LogP contribution in [0.3, 0.4) is 0 Å². The highest BCUT2D eigenvalue weighted by Gasteiger charge is 2.09. The molecule has 3 aromatic rings. The number of fused-ring (bicyclic) bond motifs is 1. The summed E-state index contributed by atoms with van der Waals surface area (Å²) in [6.45, 7) is 0. The lowest BCUT2D eigenvalue weighted by atomic mass is 10.1. The minimum absolute atomic E-state index is 0.218. The van der Waals surface area contributed by atoms with Gasteiger partial charge in [-0.3, -0.25) is 5.10 Å². The minimum Gasteiger partial charge on any atom is -0.368 e. The van der Waals surface area contributed by atoms with Gasteiger partial charge in [0.1, 0.15) is 0 Å². The molecule has 2 heterocycles. The molecule has 0 fully saturated rings. The van der Waals surface area contributed by atoms with Crippen molar-refractivity contribution in [2.45, 2.75) is 0 Å². The van der Waals surface area contributed by atoms with Crippen LogP contribution in [0.1, 0.15) is 0 Å². The molecule has 0 radical (unpaired) electrons. The van der Waals surface area contributed by atoms with Gasteiger partial charge in [0.05, 0.1) is 17.4 Å². The van der Waals surface area contributed by atoms with Crippen LogP contribution in [0.5, 0.6) is 0 Å². The van der Waals surface area contributed by atoms with Gasteiger partial charge in [-0.25, -0.2) is 9.97 Å². The van der Waals surface area contributed by atoms with Crippen LogP contribution in [0.2, 0.25) is 5.02 Å². The number of rotatable bonds is 1. The number of anilines is 1. The van der Waals surface area contributed by atoms with Crippen molar-refractivity contribution in [3.05, 3.63) is 35.6 Å². The molecule has 6 heteroatoms. The van der Waals surface area contributed by atoms with Crippen molar-refractivity contribution in [1.29, 1.82) is 0 Å². The van der Waals surface area contributed by atoms with Gasteiger partial charge in [-0.15, -0.1) is 0 Å². The summed E-state index contributed by atoms with van der Waals surface area (Å²) < 4.78 is 0. The first-order chi connectivity index (χ1) is 8.24. The second-order valence-corrected chi connectivity index (χ2v) is 4.02. The SMILES string of the molecule is Nc1nc(-c2cn[nH]c2)c2ccc(Cl)cc2n1. The summed E-state index contributed by atoms with van der Waals surface area (Å²) in [5, 5.41) is 8.16. The Balaban J connectivity index is 2.38. The zero-order chi connectivity index (χ0) is 11.8. The number of hydrogen-bond acceptors (Lipinski definition) is 4. The van der Waals surface area contributed by atoms with Crippen molar-refractivity contribution in [3.63, 3.8) is 0 Å². The molecular weight excluding hydrogens is 238 g/mol. The van der Waals surface area contributed by atoms with Crippen molar-refractivity contribution in [2.24, 2.45) is 0 Å². The fraction of sp³-hybridized carbons (Fsp3) is 0. The molecule has 0 bridgehead atoms. The number of benzene rings is 1. The quantitative estimate of drug-likeness (QED) is 0.689. The zero-order valence-corrected chi connectivity index (χ0v) is 9.44. The summed E-state index contributed by atoms with van der Waals surface area (Å²) in [6, 6.07) is 5.44. The molecule has 3 N–H and O–H groups in total. The van der Waals surface area contributed by atoms with Crippen molar-refractivity contribution >= 4 is 28.5 Å². The molecule has 0 aliphatic heterocycles. The Labute approximate surface area is 102 Å². The maximum atomic E-state index is 5.93. The number of aromatic amines is 1. The predicted molar refractivity (Wildman–Crippen MR) is 66.5 cm³/mol. The highest BCUT2D eigenvalue weighted by molar-refractivity contribution is 6.31. The lowest BCUT2D eigenvalue weighted by molar-refractivity contribution is 1.09. The standard InChI is InChI=1S/C11H8ClN5/c12-7-1-2-8-9(3-7)16-11(13)17-10(8)6-4-14-15-5-6/h1-5H,(H,14,15)(H2,13,16,17). The number of nitrogens with zero attached hydrogens (tertiary/aromatic N) is 3. The van der Waals surface area contributed by atoms with Crippen molar-refractivity contribution in [3.8, 4) is 11.3 Å². The van der Waals surface area contributed by atoms with E-state index in [-0.39, 0.29) is 5.95 Å². The van der Waals surface area contributed by atoms with Crippen LogP contribution in [0, 0.1) is 0 Å². The molecule has 3 rings (SSSR count). The highest BCUT2D eigenvalue weighted by Crippen LogP contribution is 2.27.